The van der Waals surface area contributed by atoms with Gasteiger partial charge in [-0.1, -0.05) is 41.9 Å². The van der Waals surface area contributed by atoms with E-state index in [9.17, 15) is 0 Å². The fraction of sp³-hybridized carbons (Fsp3) is 0.188. The summed E-state index contributed by atoms with van der Waals surface area (Å²) in [5.41, 5.74) is 7.71. The molecule has 0 saturated heterocycles. The average Bonchev–Trinajstić information content (AvgIpc) is 2.96. The molecule has 0 radical (unpaired) electrons. The lowest BCUT2D eigenvalue weighted by Gasteiger charge is -2.20. The third-order valence-electron chi connectivity index (χ3n) is 3.31. The van der Waals surface area contributed by atoms with Crippen LogP contribution in [0, 0.1) is 0 Å². The number of nitrogens with zero attached hydrogens (tertiary/aromatic N) is 2. The maximum absolute atomic E-state index is 6.15. The monoisotopic (exact) mass is 301 g/mol. The van der Waals surface area contributed by atoms with Crippen LogP contribution in [-0.4, -0.2) is 15.9 Å². The Kier molecular flexibility index (Phi) is 4.08. The quantitative estimate of drug-likeness (QED) is 0.785. The van der Waals surface area contributed by atoms with Gasteiger partial charge in [-0.25, -0.2) is 4.98 Å². The van der Waals surface area contributed by atoms with Crippen molar-refractivity contribution in [3.05, 3.63) is 65.6 Å². The third kappa shape index (κ3) is 3.01. The van der Waals surface area contributed by atoms with E-state index in [4.69, 9.17) is 22.1 Å². The SMILES string of the molecule is NCC[C@@H](Oc1cc(Cl)cc2cncn12)c1ccccc1. The molecule has 1 aromatic carbocycles. The summed E-state index contributed by atoms with van der Waals surface area (Å²) < 4.78 is 8.03. The number of rotatable bonds is 5. The van der Waals surface area contributed by atoms with Gasteiger partial charge in [-0.15, -0.1) is 0 Å². The van der Waals surface area contributed by atoms with Gasteiger partial charge in [0.25, 0.3) is 0 Å². The van der Waals surface area contributed by atoms with Crippen LogP contribution >= 0.6 is 11.6 Å². The Labute approximate surface area is 128 Å². The second-order valence-electron chi connectivity index (χ2n) is 4.79. The summed E-state index contributed by atoms with van der Waals surface area (Å²) in [5.74, 6) is 0.664. The van der Waals surface area contributed by atoms with Gasteiger partial charge in [0.15, 0.2) is 0 Å². The first kappa shape index (κ1) is 13.9. The molecule has 2 N–H and O–H groups in total. The molecule has 0 aliphatic carbocycles. The van der Waals surface area contributed by atoms with Crippen molar-refractivity contribution >= 4 is 17.1 Å². The summed E-state index contributed by atoms with van der Waals surface area (Å²) in [7, 11) is 0. The highest BCUT2D eigenvalue weighted by Crippen LogP contribution is 2.28. The average molecular weight is 302 g/mol. The van der Waals surface area contributed by atoms with Crippen molar-refractivity contribution in [2.75, 3.05) is 6.54 Å². The first-order valence-corrected chi connectivity index (χ1v) is 7.19. The van der Waals surface area contributed by atoms with E-state index in [0.717, 1.165) is 17.5 Å². The number of hydrogen-bond donors (Lipinski definition) is 1. The molecule has 2 aromatic heterocycles. The predicted octanol–water partition coefficient (Wildman–Crippen LogP) is 3.46. The number of fused-ring (bicyclic) bond motifs is 1. The minimum atomic E-state index is -0.111. The molecule has 0 aliphatic heterocycles. The van der Waals surface area contributed by atoms with Gasteiger partial charge in [-0.3, -0.25) is 4.40 Å². The summed E-state index contributed by atoms with van der Waals surface area (Å²) in [6.07, 6.45) is 4.08. The molecule has 3 aromatic rings. The van der Waals surface area contributed by atoms with Gasteiger partial charge in [0, 0.05) is 17.5 Å². The topological polar surface area (TPSA) is 52.5 Å². The highest BCUT2D eigenvalue weighted by molar-refractivity contribution is 6.31. The van der Waals surface area contributed by atoms with E-state index >= 15 is 0 Å². The molecular weight excluding hydrogens is 286 g/mol. The molecule has 0 spiro atoms. The number of nitrogens with two attached hydrogens (primary N) is 1. The number of imidazole rings is 1. The minimum Gasteiger partial charge on any atom is -0.470 e. The molecule has 5 heteroatoms. The summed E-state index contributed by atoms with van der Waals surface area (Å²) in [6.45, 7) is 0.549. The maximum Gasteiger partial charge on any atom is 0.201 e. The molecule has 3 rings (SSSR count). The van der Waals surface area contributed by atoms with Crippen LogP contribution in [0.15, 0.2) is 55.0 Å². The number of hydrogen-bond acceptors (Lipinski definition) is 3. The zero-order valence-corrected chi connectivity index (χ0v) is 12.2. The number of halogens is 1. The Morgan fingerprint density at radius 2 is 2.05 bits per heavy atom. The van der Waals surface area contributed by atoms with Gasteiger partial charge in [0.05, 0.1) is 11.7 Å². The minimum absolute atomic E-state index is 0.111. The van der Waals surface area contributed by atoms with Gasteiger partial charge >= 0.3 is 0 Å². The molecule has 0 aliphatic rings. The largest absolute Gasteiger partial charge is 0.470 e. The predicted molar refractivity (Wildman–Crippen MR) is 83.7 cm³/mol. The number of ether oxygens (including phenoxy) is 1. The van der Waals surface area contributed by atoms with Crippen molar-refractivity contribution in [2.45, 2.75) is 12.5 Å². The van der Waals surface area contributed by atoms with Gasteiger partial charge in [-0.05, 0) is 18.2 Å². The Morgan fingerprint density at radius 1 is 1.24 bits per heavy atom. The molecule has 108 valence electrons. The van der Waals surface area contributed by atoms with Crippen LogP contribution in [0.1, 0.15) is 18.1 Å². The zero-order valence-electron chi connectivity index (χ0n) is 11.4. The highest BCUT2D eigenvalue weighted by atomic mass is 35.5. The lowest BCUT2D eigenvalue weighted by molar-refractivity contribution is 0.187. The summed E-state index contributed by atoms with van der Waals surface area (Å²) in [5, 5.41) is 0.623. The molecule has 0 bridgehead atoms. The van der Waals surface area contributed by atoms with E-state index in [1.54, 1.807) is 18.6 Å². The van der Waals surface area contributed by atoms with Gasteiger partial charge in [-0.2, -0.15) is 0 Å². The van der Waals surface area contributed by atoms with Gasteiger partial charge in [0.2, 0.25) is 5.88 Å². The normalized spacial score (nSPS) is 12.5. The Bertz CT molecular complexity index is 727. The molecule has 0 amide bonds. The molecule has 0 fully saturated rings. The van der Waals surface area contributed by atoms with Crippen LogP contribution in [0.5, 0.6) is 5.88 Å². The second-order valence-corrected chi connectivity index (χ2v) is 5.23. The lowest BCUT2D eigenvalue weighted by atomic mass is 10.1. The number of pyridine rings is 1. The lowest BCUT2D eigenvalue weighted by Crippen LogP contribution is -2.14. The molecule has 1 atom stereocenters. The number of benzene rings is 1. The van der Waals surface area contributed by atoms with E-state index in [2.05, 4.69) is 4.98 Å². The van der Waals surface area contributed by atoms with Crippen LogP contribution in [0.25, 0.3) is 5.52 Å². The Morgan fingerprint density at radius 3 is 2.81 bits per heavy atom. The smallest absolute Gasteiger partial charge is 0.201 e. The van der Waals surface area contributed by atoms with E-state index in [1.807, 2.05) is 40.8 Å². The highest BCUT2D eigenvalue weighted by Gasteiger charge is 2.14. The van der Waals surface area contributed by atoms with Crippen molar-refractivity contribution in [1.82, 2.24) is 9.38 Å². The molecule has 0 saturated carbocycles. The maximum atomic E-state index is 6.15. The zero-order chi connectivity index (χ0) is 14.7. The van der Waals surface area contributed by atoms with E-state index in [-0.39, 0.29) is 6.10 Å². The van der Waals surface area contributed by atoms with Gasteiger partial charge in [0.1, 0.15) is 12.4 Å². The van der Waals surface area contributed by atoms with E-state index in [0.29, 0.717) is 17.4 Å². The summed E-state index contributed by atoms with van der Waals surface area (Å²) in [6, 6.07) is 13.7. The van der Waals surface area contributed by atoms with Crippen molar-refractivity contribution in [1.29, 1.82) is 0 Å². The Hall–Kier alpha value is -2.04. The first-order chi connectivity index (χ1) is 10.3. The van der Waals surface area contributed by atoms with Crippen LogP contribution in [0.2, 0.25) is 5.02 Å². The standard InChI is InChI=1S/C16H16ClN3O/c17-13-8-14-10-19-11-20(14)16(9-13)21-15(6-7-18)12-4-2-1-3-5-12/h1-5,8-11,15H,6-7,18H2/t15-/m1/s1. The van der Waals surface area contributed by atoms with Crippen LogP contribution in [0.4, 0.5) is 0 Å². The van der Waals surface area contributed by atoms with Crippen LogP contribution < -0.4 is 10.5 Å². The van der Waals surface area contributed by atoms with E-state index < -0.39 is 0 Å². The van der Waals surface area contributed by atoms with Crippen LogP contribution in [-0.2, 0) is 0 Å². The van der Waals surface area contributed by atoms with E-state index in [1.165, 1.54) is 0 Å². The third-order valence-corrected chi connectivity index (χ3v) is 3.53. The first-order valence-electron chi connectivity index (χ1n) is 6.81. The molecular formula is C16H16ClN3O. The summed E-state index contributed by atoms with van der Waals surface area (Å²) in [4.78, 5) is 4.13. The fourth-order valence-electron chi connectivity index (χ4n) is 2.32. The van der Waals surface area contributed by atoms with Crippen molar-refractivity contribution < 1.29 is 4.74 Å². The second kappa shape index (κ2) is 6.16. The fourth-order valence-corrected chi connectivity index (χ4v) is 2.52. The number of aromatic nitrogens is 2. The van der Waals surface area contributed by atoms with Crippen molar-refractivity contribution in [3.63, 3.8) is 0 Å². The molecule has 21 heavy (non-hydrogen) atoms. The van der Waals surface area contributed by atoms with Crippen LogP contribution in [0.3, 0.4) is 0 Å². The summed E-state index contributed by atoms with van der Waals surface area (Å²) >= 11 is 6.14. The van der Waals surface area contributed by atoms with Crippen molar-refractivity contribution in [2.24, 2.45) is 5.73 Å². The Balaban J connectivity index is 1.96. The van der Waals surface area contributed by atoms with Gasteiger partial charge < -0.3 is 10.5 Å². The molecule has 0 unspecified atom stereocenters. The molecule has 4 nitrogen and oxygen atoms in total. The molecule has 2 heterocycles. The van der Waals surface area contributed by atoms with Crippen molar-refractivity contribution in [3.8, 4) is 5.88 Å².